The van der Waals surface area contributed by atoms with E-state index in [0.29, 0.717) is 7.18 Å². The quantitative estimate of drug-likeness (QED) is 0.461. The van der Waals surface area contributed by atoms with Crippen molar-refractivity contribution in [2.45, 2.75) is 89.3 Å². The first-order valence-corrected chi connectivity index (χ1v) is 13.7. The zero-order chi connectivity index (χ0) is 28.4. The van der Waals surface area contributed by atoms with Crippen LogP contribution < -0.4 is 15.5 Å². The zero-order valence-electron chi connectivity index (χ0n) is 24.3. The van der Waals surface area contributed by atoms with Gasteiger partial charge in [-0.2, -0.15) is 0 Å². The summed E-state index contributed by atoms with van der Waals surface area (Å²) in [4.78, 5) is 27.5. The summed E-state index contributed by atoms with van der Waals surface area (Å²) in [6.45, 7) is 7.59. The fraction of sp³-hybridized carbons (Fsp3) is 0.581. The van der Waals surface area contributed by atoms with Crippen molar-refractivity contribution in [2.75, 3.05) is 32.7 Å². The van der Waals surface area contributed by atoms with Gasteiger partial charge in [0.15, 0.2) is 0 Å². The fourth-order valence-corrected chi connectivity index (χ4v) is 4.52. The first-order chi connectivity index (χ1) is 18.3. The molecule has 0 spiro atoms. The number of benzene rings is 1. The van der Waals surface area contributed by atoms with E-state index in [-0.39, 0.29) is 17.5 Å². The van der Waals surface area contributed by atoms with Crippen LogP contribution in [0.25, 0.3) is 0 Å². The predicted octanol–water partition coefficient (Wildman–Crippen LogP) is 5.82. The van der Waals surface area contributed by atoms with Crippen LogP contribution in [0.3, 0.4) is 0 Å². The van der Waals surface area contributed by atoms with Crippen molar-refractivity contribution in [1.29, 1.82) is 0 Å². The standard InChI is InChI=1S/C18H22N2O.C7H15N.C5H9NO.CH3F/c1-18(2,3)15-7-9-16(10-8-15)20(4)17(13-21)14-6-5-11-19-12-14;1-8-7-5-3-2-4-6-7;7-4-5-2-1-3-6-5;1-2/h5-13,17H,1-4H3;7-8H,2-6H2,1H3;4-6H,1-3H2;1H3. The highest BCUT2D eigenvalue weighted by Gasteiger charge is 2.18. The van der Waals surface area contributed by atoms with Crippen LogP contribution in [-0.2, 0) is 15.0 Å². The van der Waals surface area contributed by atoms with Crippen molar-refractivity contribution >= 4 is 18.3 Å². The van der Waals surface area contributed by atoms with Gasteiger partial charge in [0.25, 0.3) is 0 Å². The topological polar surface area (TPSA) is 74.3 Å². The molecule has 0 bridgehead atoms. The van der Waals surface area contributed by atoms with Gasteiger partial charge in [-0.1, -0.05) is 58.2 Å². The van der Waals surface area contributed by atoms with E-state index in [2.05, 4.69) is 67.7 Å². The lowest BCUT2D eigenvalue weighted by atomic mass is 9.87. The monoisotopic (exact) mass is 528 g/mol. The molecule has 1 saturated heterocycles. The van der Waals surface area contributed by atoms with E-state index in [0.717, 1.165) is 49.3 Å². The summed E-state index contributed by atoms with van der Waals surface area (Å²) in [7, 11) is 4.49. The Morgan fingerprint density at radius 2 is 1.68 bits per heavy atom. The second kappa shape index (κ2) is 18.6. The van der Waals surface area contributed by atoms with Gasteiger partial charge in [0, 0.05) is 31.2 Å². The van der Waals surface area contributed by atoms with E-state index in [1.807, 2.05) is 24.1 Å². The molecular formula is C31H49FN4O2. The van der Waals surface area contributed by atoms with Gasteiger partial charge >= 0.3 is 0 Å². The van der Waals surface area contributed by atoms with Crippen molar-refractivity contribution in [2.24, 2.45) is 0 Å². The Kier molecular flexibility index (Phi) is 16.3. The van der Waals surface area contributed by atoms with Gasteiger partial charge in [-0.15, -0.1) is 0 Å². The Morgan fingerprint density at radius 3 is 2.08 bits per heavy atom. The first-order valence-electron chi connectivity index (χ1n) is 13.7. The van der Waals surface area contributed by atoms with Crippen molar-refractivity contribution < 1.29 is 14.0 Å². The largest absolute Gasteiger partial charge is 0.361 e. The maximum atomic E-state index is 11.5. The maximum absolute atomic E-state index is 11.5. The molecule has 1 aliphatic heterocycles. The molecule has 2 heterocycles. The lowest BCUT2D eigenvalue weighted by Crippen LogP contribution is -2.26. The molecule has 0 radical (unpaired) electrons. The van der Waals surface area contributed by atoms with Gasteiger partial charge in [-0.05, 0) is 74.0 Å². The van der Waals surface area contributed by atoms with Gasteiger partial charge < -0.3 is 25.1 Å². The zero-order valence-corrected chi connectivity index (χ0v) is 24.3. The van der Waals surface area contributed by atoms with Gasteiger partial charge in [0.1, 0.15) is 18.6 Å². The summed E-state index contributed by atoms with van der Waals surface area (Å²) >= 11 is 0. The second-order valence-electron chi connectivity index (χ2n) is 10.7. The van der Waals surface area contributed by atoms with Crippen molar-refractivity contribution in [3.8, 4) is 0 Å². The fourth-order valence-electron chi connectivity index (χ4n) is 4.52. The van der Waals surface area contributed by atoms with Crippen molar-refractivity contribution in [3.63, 3.8) is 0 Å². The minimum atomic E-state index is -0.320. The molecule has 212 valence electrons. The number of aromatic nitrogens is 1. The van der Waals surface area contributed by atoms with Gasteiger partial charge in [0.05, 0.1) is 13.2 Å². The van der Waals surface area contributed by atoms with Crippen LogP contribution in [0.5, 0.6) is 0 Å². The molecule has 2 aromatic rings. The molecule has 2 fully saturated rings. The molecule has 6 nitrogen and oxygen atoms in total. The van der Waals surface area contributed by atoms with Crippen LogP contribution in [0, 0.1) is 0 Å². The third kappa shape index (κ3) is 11.8. The second-order valence-corrected chi connectivity index (χ2v) is 10.7. The number of carbonyl (C=O) groups is 2. The van der Waals surface area contributed by atoms with Crippen molar-refractivity contribution in [1.82, 2.24) is 15.6 Å². The number of halogens is 1. The molecule has 2 unspecified atom stereocenters. The Morgan fingerprint density at radius 1 is 1.03 bits per heavy atom. The number of carbonyl (C=O) groups excluding carboxylic acids is 2. The van der Waals surface area contributed by atoms with E-state index in [4.69, 9.17) is 0 Å². The van der Waals surface area contributed by atoms with E-state index in [1.54, 1.807) is 12.4 Å². The molecule has 2 aliphatic rings. The van der Waals surface area contributed by atoms with E-state index >= 15 is 0 Å². The number of hydrogen-bond acceptors (Lipinski definition) is 6. The number of anilines is 1. The number of aldehydes is 2. The van der Waals surface area contributed by atoms with E-state index in [9.17, 15) is 14.0 Å². The third-order valence-corrected chi connectivity index (χ3v) is 6.99. The van der Waals surface area contributed by atoms with Crippen molar-refractivity contribution in [3.05, 3.63) is 59.9 Å². The highest BCUT2D eigenvalue weighted by molar-refractivity contribution is 5.68. The maximum Gasteiger partial charge on any atom is 0.147 e. The molecule has 7 heteroatoms. The summed E-state index contributed by atoms with van der Waals surface area (Å²) in [5.74, 6) is 0. The number of nitrogens with zero attached hydrogens (tertiary/aromatic N) is 2. The van der Waals surface area contributed by atoms with E-state index in [1.165, 1.54) is 37.7 Å². The van der Waals surface area contributed by atoms with Crippen LogP contribution in [0.4, 0.5) is 10.1 Å². The number of rotatable bonds is 6. The van der Waals surface area contributed by atoms with Gasteiger partial charge in [0.2, 0.25) is 0 Å². The molecule has 1 aromatic carbocycles. The van der Waals surface area contributed by atoms with Crippen LogP contribution in [0.1, 0.15) is 82.9 Å². The SMILES string of the molecule is CF.CN(c1ccc(C(C)(C)C)cc1)C(C=O)c1cccnc1.CNC1CCCCC1.O=CC1CCCN1. The van der Waals surface area contributed by atoms with Crippen LogP contribution in [0.15, 0.2) is 48.8 Å². The number of alkyl halides is 1. The molecule has 2 N–H and O–H groups in total. The lowest BCUT2D eigenvalue weighted by molar-refractivity contribution is -0.109. The Hall–Kier alpha value is -2.64. The minimum Gasteiger partial charge on any atom is -0.361 e. The summed E-state index contributed by atoms with van der Waals surface area (Å²) in [5.41, 5.74) is 3.33. The third-order valence-electron chi connectivity index (χ3n) is 6.99. The Bertz CT molecular complexity index is 875. The molecule has 4 rings (SSSR count). The van der Waals surface area contributed by atoms with Crippen LogP contribution >= 0.6 is 0 Å². The average molecular weight is 529 g/mol. The molecule has 1 aliphatic carbocycles. The number of nitrogens with one attached hydrogen (secondary N) is 2. The Balaban J connectivity index is 0.000000345. The molecule has 1 saturated carbocycles. The summed E-state index contributed by atoms with van der Waals surface area (Å²) in [5, 5.41) is 6.34. The molecular weight excluding hydrogens is 479 g/mol. The molecule has 38 heavy (non-hydrogen) atoms. The highest BCUT2D eigenvalue weighted by Crippen LogP contribution is 2.28. The normalized spacial score (nSPS) is 17.8. The van der Waals surface area contributed by atoms with Crippen LogP contribution in [0.2, 0.25) is 0 Å². The Labute approximate surface area is 229 Å². The lowest BCUT2D eigenvalue weighted by Gasteiger charge is -2.27. The first kappa shape index (κ1) is 33.4. The van der Waals surface area contributed by atoms with Gasteiger partial charge in [-0.25, -0.2) is 0 Å². The number of hydrogen-bond donors (Lipinski definition) is 2. The molecule has 2 atom stereocenters. The molecule has 0 amide bonds. The molecule has 1 aromatic heterocycles. The smallest absolute Gasteiger partial charge is 0.147 e. The average Bonchev–Trinajstić information content (AvgIpc) is 3.50. The number of likely N-dealkylation sites (N-methyl/N-ethyl adjacent to an activating group) is 1. The summed E-state index contributed by atoms with van der Waals surface area (Å²) in [6.07, 6.45) is 14.7. The number of pyridine rings is 1. The predicted molar refractivity (Wildman–Crippen MR) is 157 cm³/mol. The highest BCUT2D eigenvalue weighted by atomic mass is 19.1. The van der Waals surface area contributed by atoms with Gasteiger partial charge in [-0.3, -0.25) is 9.37 Å². The summed E-state index contributed by atoms with van der Waals surface area (Å²) < 4.78 is 9.50. The summed E-state index contributed by atoms with van der Waals surface area (Å²) in [6, 6.07) is 12.8. The van der Waals surface area contributed by atoms with Crippen LogP contribution in [-0.4, -0.2) is 57.5 Å². The minimum absolute atomic E-state index is 0.129. The van der Waals surface area contributed by atoms with E-state index < -0.39 is 0 Å².